The molecule has 0 fully saturated rings. The molecule has 1 aromatic heterocycles. The Balaban J connectivity index is 2.18. The molecule has 0 aliphatic heterocycles. The van der Waals surface area contributed by atoms with Gasteiger partial charge in [0.2, 0.25) is 0 Å². The second-order valence-electron chi connectivity index (χ2n) is 6.50. The highest BCUT2D eigenvalue weighted by Gasteiger charge is 2.25. The van der Waals surface area contributed by atoms with Gasteiger partial charge in [-0.3, -0.25) is 0 Å². The van der Waals surface area contributed by atoms with Crippen molar-refractivity contribution in [2.24, 2.45) is 0 Å². The SMILES string of the molecule is Cc1ccc(C)c(Cn2c(C(C)(C)O)nc3ccccc32)c1. The minimum Gasteiger partial charge on any atom is -0.383 e. The van der Waals surface area contributed by atoms with Crippen molar-refractivity contribution in [2.75, 3.05) is 0 Å². The zero-order chi connectivity index (χ0) is 15.9. The predicted octanol–water partition coefficient (Wildman–Crippen LogP) is 3.93. The highest BCUT2D eigenvalue weighted by Crippen LogP contribution is 2.26. The number of hydrogen-bond acceptors (Lipinski definition) is 2. The zero-order valence-electron chi connectivity index (χ0n) is 13.6. The maximum Gasteiger partial charge on any atom is 0.141 e. The van der Waals surface area contributed by atoms with E-state index in [2.05, 4.69) is 47.7 Å². The van der Waals surface area contributed by atoms with Gasteiger partial charge in [0.15, 0.2) is 0 Å². The summed E-state index contributed by atoms with van der Waals surface area (Å²) >= 11 is 0. The van der Waals surface area contributed by atoms with Crippen LogP contribution in [0, 0.1) is 13.8 Å². The second-order valence-corrected chi connectivity index (χ2v) is 6.50. The Bertz CT molecular complexity index is 825. The lowest BCUT2D eigenvalue weighted by atomic mass is 10.0. The number of aryl methyl sites for hydroxylation is 2. The number of benzene rings is 2. The van der Waals surface area contributed by atoms with Crippen molar-refractivity contribution < 1.29 is 5.11 Å². The van der Waals surface area contributed by atoms with Crippen LogP contribution >= 0.6 is 0 Å². The van der Waals surface area contributed by atoms with Crippen molar-refractivity contribution in [3.05, 3.63) is 65.0 Å². The first-order valence-corrected chi connectivity index (χ1v) is 7.60. The van der Waals surface area contributed by atoms with Crippen molar-refractivity contribution in [1.29, 1.82) is 0 Å². The van der Waals surface area contributed by atoms with E-state index in [9.17, 15) is 5.11 Å². The van der Waals surface area contributed by atoms with Gasteiger partial charge < -0.3 is 9.67 Å². The minimum atomic E-state index is -0.975. The van der Waals surface area contributed by atoms with Crippen LogP contribution < -0.4 is 0 Å². The van der Waals surface area contributed by atoms with Crippen LogP contribution in [0.3, 0.4) is 0 Å². The molecule has 3 aromatic rings. The predicted molar refractivity (Wildman–Crippen MR) is 90.0 cm³/mol. The molecule has 22 heavy (non-hydrogen) atoms. The third-order valence-electron chi connectivity index (χ3n) is 4.03. The first kappa shape index (κ1) is 14.8. The average molecular weight is 294 g/mol. The third kappa shape index (κ3) is 2.64. The lowest BCUT2D eigenvalue weighted by molar-refractivity contribution is 0.0657. The molecule has 0 aliphatic carbocycles. The summed E-state index contributed by atoms with van der Waals surface area (Å²) in [6, 6.07) is 14.5. The molecule has 3 heteroatoms. The number of hydrogen-bond donors (Lipinski definition) is 1. The molecule has 114 valence electrons. The summed E-state index contributed by atoms with van der Waals surface area (Å²) in [6.45, 7) is 8.51. The Morgan fingerprint density at radius 3 is 2.55 bits per heavy atom. The van der Waals surface area contributed by atoms with Crippen LogP contribution in [0.25, 0.3) is 11.0 Å². The summed E-state index contributed by atoms with van der Waals surface area (Å²) in [5.41, 5.74) is 4.76. The maximum absolute atomic E-state index is 10.5. The van der Waals surface area contributed by atoms with Gasteiger partial charge in [-0.05, 0) is 51.0 Å². The molecule has 1 N–H and O–H groups in total. The highest BCUT2D eigenvalue weighted by molar-refractivity contribution is 5.76. The number of nitrogens with zero attached hydrogens (tertiary/aromatic N) is 2. The minimum absolute atomic E-state index is 0.703. The van der Waals surface area contributed by atoms with Crippen molar-refractivity contribution in [1.82, 2.24) is 9.55 Å². The Kier molecular flexibility index (Phi) is 3.53. The summed E-state index contributed by atoms with van der Waals surface area (Å²) in [5.74, 6) is 0.703. The van der Waals surface area contributed by atoms with Crippen molar-refractivity contribution in [3.8, 4) is 0 Å². The van der Waals surface area contributed by atoms with E-state index in [0.29, 0.717) is 12.4 Å². The van der Waals surface area contributed by atoms with Crippen LogP contribution in [0.15, 0.2) is 42.5 Å². The van der Waals surface area contributed by atoms with E-state index in [1.54, 1.807) is 13.8 Å². The molecule has 0 unspecified atom stereocenters. The van der Waals surface area contributed by atoms with Crippen LogP contribution in [-0.4, -0.2) is 14.7 Å². The topological polar surface area (TPSA) is 38.0 Å². The summed E-state index contributed by atoms with van der Waals surface area (Å²) in [5, 5.41) is 10.5. The maximum atomic E-state index is 10.5. The van der Waals surface area contributed by atoms with Gasteiger partial charge in [-0.25, -0.2) is 4.98 Å². The number of aliphatic hydroxyl groups is 1. The Labute approximate surface area is 131 Å². The first-order valence-electron chi connectivity index (χ1n) is 7.60. The monoisotopic (exact) mass is 294 g/mol. The summed E-state index contributed by atoms with van der Waals surface area (Å²) in [6.07, 6.45) is 0. The summed E-state index contributed by atoms with van der Waals surface area (Å²) < 4.78 is 2.12. The van der Waals surface area contributed by atoms with E-state index in [0.717, 1.165) is 11.0 Å². The standard InChI is InChI=1S/C19H22N2O/c1-13-9-10-14(2)15(11-13)12-21-17-8-6-5-7-16(17)20-18(21)19(3,4)22/h5-11,22H,12H2,1-4H3. The Morgan fingerprint density at radius 2 is 1.82 bits per heavy atom. The molecule has 0 amide bonds. The molecule has 3 rings (SSSR count). The highest BCUT2D eigenvalue weighted by atomic mass is 16.3. The van der Waals surface area contributed by atoms with Gasteiger partial charge in [0.25, 0.3) is 0 Å². The van der Waals surface area contributed by atoms with E-state index in [-0.39, 0.29) is 0 Å². The van der Waals surface area contributed by atoms with Crippen LogP contribution in [0.4, 0.5) is 0 Å². The van der Waals surface area contributed by atoms with E-state index in [1.807, 2.05) is 18.2 Å². The van der Waals surface area contributed by atoms with E-state index < -0.39 is 5.60 Å². The molecule has 1 heterocycles. The normalized spacial score (nSPS) is 12.0. The molecule has 0 radical (unpaired) electrons. The molecule has 0 atom stereocenters. The number of fused-ring (bicyclic) bond motifs is 1. The fraction of sp³-hybridized carbons (Fsp3) is 0.316. The first-order chi connectivity index (χ1) is 10.4. The van der Waals surface area contributed by atoms with Crippen molar-refractivity contribution >= 4 is 11.0 Å². The number of imidazole rings is 1. The Morgan fingerprint density at radius 1 is 1.09 bits per heavy atom. The molecule has 2 aromatic carbocycles. The molecule has 0 bridgehead atoms. The lowest BCUT2D eigenvalue weighted by Gasteiger charge is -2.20. The quantitative estimate of drug-likeness (QED) is 0.795. The van der Waals surface area contributed by atoms with Crippen LogP contribution in [0.5, 0.6) is 0 Å². The molecular weight excluding hydrogens is 272 g/mol. The van der Waals surface area contributed by atoms with Gasteiger partial charge in [-0.15, -0.1) is 0 Å². The second kappa shape index (κ2) is 5.25. The molecule has 0 saturated heterocycles. The number of para-hydroxylation sites is 2. The van der Waals surface area contributed by atoms with Crippen LogP contribution in [-0.2, 0) is 12.1 Å². The smallest absolute Gasteiger partial charge is 0.141 e. The van der Waals surface area contributed by atoms with Crippen LogP contribution in [0.1, 0.15) is 36.4 Å². The average Bonchev–Trinajstić information content (AvgIpc) is 2.82. The van der Waals surface area contributed by atoms with E-state index in [1.165, 1.54) is 16.7 Å². The van der Waals surface area contributed by atoms with Gasteiger partial charge in [-0.2, -0.15) is 0 Å². The molecule has 0 spiro atoms. The van der Waals surface area contributed by atoms with Crippen molar-refractivity contribution in [2.45, 2.75) is 39.8 Å². The summed E-state index contributed by atoms with van der Waals surface area (Å²) in [4.78, 5) is 4.65. The molecule has 0 aliphatic rings. The van der Waals surface area contributed by atoms with Gasteiger partial charge in [0.1, 0.15) is 11.4 Å². The lowest BCUT2D eigenvalue weighted by Crippen LogP contribution is -2.22. The summed E-state index contributed by atoms with van der Waals surface area (Å²) in [7, 11) is 0. The third-order valence-corrected chi connectivity index (χ3v) is 4.03. The van der Waals surface area contributed by atoms with Crippen LogP contribution in [0.2, 0.25) is 0 Å². The number of rotatable bonds is 3. The molecule has 0 saturated carbocycles. The molecular formula is C19H22N2O. The fourth-order valence-corrected chi connectivity index (χ4v) is 2.84. The van der Waals surface area contributed by atoms with Gasteiger partial charge in [-0.1, -0.05) is 35.9 Å². The van der Waals surface area contributed by atoms with Gasteiger partial charge in [0, 0.05) is 6.54 Å². The molecule has 3 nitrogen and oxygen atoms in total. The van der Waals surface area contributed by atoms with Gasteiger partial charge in [0.05, 0.1) is 11.0 Å². The van der Waals surface area contributed by atoms with E-state index in [4.69, 9.17) is 0 Å². The van der Waals surface area contributed by atoms with Gasteiger partial charge >= 0.3 is 0 Å². The fourth-order valence-electron chi connectivity index (χ4n) is 2.84. The van der Waals surface area contributed by atoms with Crippen molar-refractivity contribution in [3.63, 3.8) is 0 Å². The number of aromatic nitrogens is 2. The zero-order valence-corrected chi connectivity index (χ0v) is 13.6. The Hall–Kier alpha value is -2.13. The van der Waals surface area contributed by atoms with E-state index >= 15 is 0 Å². The largest absolute Gasteiger partial charge is 0.383 e.